The van der Waals surface area contributed by atoms with E-state index in [-0.39, 0.29) is 12.5 Å². The van der Waals surface area contributed by atoms with E-state index in [1.807, 2.05) is 6.07 Å². The maximum absolute atomic E-state index is 13.4. The summed E-state index contributed by atoms with van der Waals surface area (Å²) in [5, 5.41) is 1.63. The molecule has 1 saturated heterocycles. The Balaban J connectivity index is 1.74. The third-order valence-corrected chi connectivity index (χ3v) is 5.99. The monoisotopic (exact) mass is 497 g/mol. The summed E-state index contributed by atoms with van der Waals surface area (Å²) < 4.78 is 5.49. The van der Waals surface area contributed by atoms with Crippen LogP contribution in [0.3, 0.4) is 0 Å². The highest BCUT2D eigenvalue weighted by Crippen LogP contribution is 2.38. The number of anilines is 1. The molecule has 4 rings (SSSR count). The largest absolute Gasteiger partial charge is 0.483 e. The van der Waals surface area contributed by atoms with Crippen LogP contribution >= 0.6 is 35.0 Å². The van der Waals surface area contributed by atoms with Crippen molar-refractivity contribution in [1.82, 2.24) is 0 Å². The van der Waals surface area contributed by atoms with Crippen molar-refractivity contribution in [1.29, 1.82) is 0 Å². The quantitative estimate of drug-likeness (QED) is 0.444. The van der Waals surface area contributed by atoms with Gasteiger partial charge in [0.25, 0.3) is 11.8 Å². The number of nitrogens with two attached hydrogens (primary N) is 1. The van der Waals surface area contributed by atoms with Gasteiger partial charge in [-0.25, -0.2) is 4.99 Å². The van der Waals surface area contributed by atoms with Crippen molar-refractivity contribution in [3.05, 3.63) is 93.3 Å². The van der Waals surface area contributed by atoms with Crippen LogP contribution in [0.5, 0.6) is 5.75 Å². The van der Waals surface area contributed by atoms with Gasteiger partial charge in [0.1, 0.15) is 5.75 Å². The second kappa shape index (κ2) is 10.1. The number of carbonyl (C=O) groups excluding carboxylic acids is 2. The molecule has 1 heterocycles. The van der Waals surface area contributed by atoms with Crippen molar-refractivity contribution in [3.8, 4) is 5.75 Å². The number of primary amides is 1. The zero-order valence-electron chi connectivity index (χ0n) is 17.1. The van der Waals surface area contributed by atoms with Gasteiger partial charge >= 0.3 is 0 Å². The van der Waals surface area contributed by atoms with E-state index in [9.17, 15) is 9.59 Å². The number of ether oxygens (including phenoxy) is 1. The molecule has 3 aromatic rings. The van der Waals surface area contributed by atoms with E-state index in [1.165, 1.54) is 16.7 Å². The van der Waals surface area contributed by atoms with Crippen LogP contribution in [0.15, 0.2) is 82.7 Å². The lowest BCUT2D eigenvalue weighted by Crippen LogP contribution is -2.28. The maximum atomic E-state index is 13.4. The number of amidine groups is 1. The average Bonchev–Trinajstić information content (AvgIpc) is 3.10. The van der Waals surface area contributed by atoms with Crippen molar-refractivity contribution in [2.45, 2.75) is 0 Å². The highest BCUT2D eigenvalue weighted by molar-refractivity contribution is 8.19. The molecule has 0 aliphatic carbocycles. The number of rotatable bonds is 6. The minimum Gasteiger partial charge on any atom is -0.483 e. The number of nitrogens with zero attached hydrogens (tertiary/aromatic N) is 2. The van der Waals surface area contributed by atoms with E-state index < -0.39 is 5.91 Å². The van der Waals surface area contributed by atoms with Crippen LogP contribution < -0.4 is 15.4 Å². The molecule has 0 saturated carbocycles. The smallest absolute Gasteiger partial charge is 0.271 e. The van der Waals surface area contributed by atoms with E-state index in [4.69, 9.17) is 33.7 Å². The van der Waals surface area contributed by atoms with Gasteiger partial charge in [0.05, 0.1) is 16.3 Å². The third kappa shape index (κ3) is 5.57. The number of halogens is 2. The average molecular weight is 498 g/mol. The zero-order valence-corrected chi connectivity index (χ0v) is 19.4. The highest BCUT2D eigenvalue weighted by atomic mass is 35.5. The molecule has 1 fully saturated rings. The number of amides is 2. The van der Waals surface area contributed by atoms with E-state index >= 15 is 0 Å². The number of aliphatic imine (C=N–C) groups is 1. The van der Waals surface area contributed by atoms with Crippen LogP contribution in [0.4, 0.5) is 11.4 Å². The molecular weight excluding hydrogens is 481 g/mol. The highest BCUT2D eigenvalue weighted by Gasteiger charge is 2.35. The Morgan fingerprint density at radius 1 is 1.00 bits per heavy atom. The standard InChI is InChI=1S/C24H17Cl2N3O3S/c25-16-5-9-18(10-6-16)28-24-29(19-11-7-17(26)8-12-19)23(31)21(33-24)13-15-3-1-2-4-20(15)32-14-22(27)30/h1-13H,14H2,(H2,27,30)/b21-13-,28-24?. The first-order chi connectivity index (χ1) is 15.9. The number of hydrogen-bond acceptors (Lipinski definition) is 5. The van der Waals surface area contributed by atoms with Gasteiger partial charge in [0.2, 0.25) is 0 Å². The predicted molar refractivity (Wildman–Crippen MR) is 134 cm³/mol. The van der Waals surface area contributed by atoms with Crippen LogP contribution in [0, 0.1) is 0 Å². The molecule has 3 aromatic carbocycles. The maximum Gasteiger partial charge on any atom is 0.271 e. The molecule has 0 radical (unpaired) electrons. The van der Waals surface area contributed by atoms with Gasteiger partial charge in [-0.05, 0) is 72.4 Å². The number of hydrogen-bond donors (Lipinski definition) is 1. The topological polar surface area (TPSA) is 85.0 Å². The second-order valence-electron chi connectivity index (χ2n) is 6.89. The second-order valence-corrected chi connectivity index (χ2v) is 8.77. The fourth-order valence-electron chi connectivity index (χ4n) is 3.01. The molecule has 2 N–H and O–H groups in total. The SMILES string of the molecule is NC(=O)COc1ccccc1/C=C1\SC(=Nc2ccc(Cl)cc2)N(c2ccc(Cl)cc2)C1=O. The minimum absolute atomic E-state index is 0.250. The Bertz CT molecular complexity index is 1260. The van der Waals surface area contributed by atoms with Crippen LogP contribution in [-0.2, 0) is 9.59 Å². The molecule has 166 valence electrons. The summed E-state index contributed by atoms with van der Waals surface area (Å²) in [6.07, 6.45) is 1.70. The lowest BCUT2D eigenvalue weighted by atomic mass is 10.2. The first kappa shape index (κ1) is 22.9. The zero-order chi connectivity index (χ0) is 23.4. The van der Waals surface area contributed by atoms with Gasteiger partial charge in [0.15, 0.2) is 11.8 Å². The van der Waals surface area contributed by atoms with Crippen LogP contribution in [0.1, 0.15) is 5.56 Å². The van der Waals surface area contributed by atoms with Crippen molar-refractivity contribution in [3.63, 3.8) is 0 Å². The molecule has 6 nitrogen and oxygen atoms in total. The van der Waals surface area contributed by atoms with E-state index in [2.05, 4.69) is 4.99 Å². The fraction of sp³-hybridized carbons (Fsp3) is 0.0417. The molecule has 33 heavy (non-hydrogen) atoms. The summed E-state index contributed by atoms with van der Waals surface area (Å²) in [4.78, 5) is 31.2. The molecule has 0 atom stereocenters. The molecule has 0 aromatic heterocycles. The number of carbonyl (C=O) groups is 2. The summed E-state index contributed by atoms with van der Waals surface area (Å²) in [5.74, 6) is -0.395. The molecule has 9 heteroatoms. The number of benzene rings is 3. The van der Waals surface area contributed by atoms with Gasteiger partial charge in [-0.15, -0.1) is 0 Å². The minimum atomic E-state index is -0.588. The van der Waals surface area contributed by atoms with E-state index in [0.717, 1.165) is 0 Å². The summed E-state index contributed by atoms with van der Waals surface area (Å²) in [5.41, 5.74) is 7.11. The lowest BCUT2D eigenvalue weighted by Gasteiger charge is -2.15. The number of thioether (sulfide) groups is 1. The number of para-hydroxylation sites is 1. The van der Waals surface area contributed by atoms with Crippen molar-refractivity contribution < 1.29 is 14.3 Å². The predicted octanol–water partition coefficient (Wildman–Crippen LogP) is 5.67. The molecule has 1 aliphatic rings. The lowest BCUT2D eigenvalue weighted by molar-refractivity contribution is -0.120. The Hall–Kier alpha value is -3.26. The molecule has 1 aliphatic heterocycles. The fourth-order valence-corrected chi connectivity index (χ4v) is 4.26. The molecule has 2 amide bonds. The van der Waals surface area contributed by atoms with E-state index in [1.54, 1.807) is 72.8 Å². The summed E-state index contributed by atoms with van der Waals surface area (Å²) in [6.45, 7) is -0.262. The van der Waals surface area contributed by atoms with Crippen LogP contribution in [-0.4, -0.2) is 23.6 Å². The Morgan fingerprint density at radius 3 is 2.30 bits per heavy atom. The Morgan fingerprint density at radius 2 is 1.64 bits per heavy atom. The molecule has 0 bridgehead atoms. The van der Waals surface area contributed by atoms with Gasteiger partial charge in [-0.3, -0.25) is 14.5 Å². The summed E-state index contributed by atoms with van der Waals surface area (Å²) >= 11 is 13.2. The Labute approximate surface area is 204 Å². The molecule has 0 unspecified atom stereocenters. The van der Waals surface area contributed by atoms with Crippen LogP contribution in [0.25, 0.3) is 6.08 Å². The third-order valence-electron chi connectivity index (χ3n) is 4.52. The van der Waals surface area contributed by atoms with Crippen molar-refractivity contribution in [2.75, 3.05) is 11.5 Å². The van der Waals surface area contributed by atoms with Crippen molar-refractivity contribution in [2.24, 2.45) is 10.7 Å². The summed E-state index contributed by atoms with van der Waals surface area (Å²) in [7, 11) is 0. The van der Waals surface area contributed by atoms with Crippen LogP contribution in [0.2, 0.25) is 10.0 Å². The van der Waals surface area contributed by atoms with Gasteiger partial charge < -0.3 is 10.5 Å². The first-order valence-electron chi connectivity index (χ1n) is 9.74. The molecule has 0 spiro atoms. The van der Waals surface area contributed by atoms with Gasteiger partial charge in [-0.2, -0.15) is 0 Å². The first-order valence-corrected chi connectivity index (χ1v) is 11.3. The Kier molecular flexibility index (Phi) is 7.03. The summed E-state index contributed by atoms with van der Waals surface area (Å²) in [6, 6.07) is 21.0. The van der Waals surface area contributed by atoms with Gasteiger partial charge in [-0.1, -0.05) is 41.4 Å². The molecular formula is C24H17Cl2N3O3S. The normalized spacial score (nSPS) is 15.9. The van der Waals surface area contributed by atoms with Gasteiger partial charge in [0, 0.05) is 15.6 Å². The van der Waals surface area contributed by atoms with E-state index in [0.29, 0.717) is 42.8 Å². The van der Waals surface area contributed by atoms with Crippen molar-refractivity contribution >= 4 is 69.4 Å².